The van der Waals surface area contributed by atoms with E-state index in [9.17, 15) is 4.79 Å². The molecule has 0 aliphatic rings. The van der Waals surface area contributed by atoms with Gasteiger partial charge in [0.25, 0.3) is 0 Å². The molecule has 2 aromatic rings. The Morgan fingerprint density at radius 3 is 2.33 bits per heavy atom. The molecule has 2 rings (SSSR count). The summed E-state index contributed by atoms with van der Waals surface area (Å²) in [5, 5.41) is -0.453. The van der Waals surface area contributed by atoms with Crippen LogP contribution in [0.15, 0.2) is 54.6 Å². The summed E-state index contributed by atoms with van der Waals surface area (Å²) in [6.07, 6.45) is 0.561. The molecule has 1 atom stereocenters. The average Bonchev–Trinajstić information content (AvgIpc) is 2.54. The molecule has 0 bridgehead atoms. The lowest BCUT2D eigenvalue weighted by molar-refractivity contribution is -0.144. The van der Waals surface area contributed by atoms with Crippen molar-refractivity contribution >= 4 is 18.6 Å². The number of carbonyl (C=O) groups is 1. The zero-order chi connectivity index (χ0) is 15.1. The molecular weight excluding hydrogens is 284 g/mol. The van der Waals surface area contributed by atoms with Crippen LogP contribution in [0.4, 0.5) is 0 Å². The van der Waals surface area contributed by atoms with E-state index in [1.807, 2.05) is 54.6 Å². The molecule has 0 amide bonds. The average molecular weight is 302 g/mol. The molecule has 0 saturated carbocycles. The molecule has 0 aliphatic heterocycles. The molecule has 0 spiro atoms. The van der Waals surface area contributed by atoms with Crippen LogP contribution in [0.2, 0.25) is 0 Å². The Hall–Kier alpha value is -1.94. The Labute approximate surface area is 130 Å². The standard InChI is InChI=1S/C17H18O3S/c1-19-15-9-7-14(8-10-15)12-20-17(18)16(21)11-13-5-3-2-4-6-13/h2-10,16,21H,11-12H2,1H3. The zero-order valence-corrected chi connectivity index (χ0v) is 12.8. The van der Waals surface area contributed by atoms with E-state index in [0.29, 0.717) is 6.42 Å². The van der Waals surface area contributed by atoms with Crippen molar-refractivity contribution in [2.24, 2.45) is 0 Å². The van der Waals surface area contributed by atoms with E-state index in [4.69, 9.17) is 9.47 Å². The molecular formula is C17H18O3S. The van der Waals surface area contributed by atoms with Crippen LogP contribution in [0.5, 0.6) is 5.75 Å². The minimum atomic E-state index is -0.453. The summed E-state index contributed by atoms with van der Waals surface area (Å²) < 4.78 is 10.4. The van der Waals surface area contributed by atoms with E-state index in [0.717, 1.165) is 16.9 Å². The summed E-state index contributed by atoms with van der Waals surface area (Å²) in [5.74, 6) is 0.472. The minimum Gasteiger partial charge on any atom is -0.497 e. The highest BCUT2D eigenvalue weighted by Crippen LogP contribution is 2.14. The molecule has 0 radical (unpaired) electrons. The molecule has 0 N–H and O–H groups in total. The van der Waals surface area contributed by atoms with Crippen LogP contribution in [0.25, 0.3) is 0 Å². The zero-order valence-electron chi connectivity index (χ0n) is 11.9. The first-order chi connectivity index (χ1) is 10.2. The largest absolute Gasteiger partial charge is 0.497 e. The van der Waals surface area contributed by atoms with Crippen molar-refractivity contribution in [1.29, 1.82) is 0 Å². The maximum Gasteiger partial charge on any atom is 0.319 e. The third-order valence-electron chi connectivity index (χ3n) is 3.08. The third-order valence-corrected chi connectivity index (χ3v) is 3.48. The van der Waals surface area contributed by atoms with E-state index in [1.165, 1.54) is 0 Å². The van der Waals surface area contributed by atoms with Gasteiger partial charge in [-0.25, -0.2) is 0 Å². The smallest absolute Gasteiger partial charge is 0.319 e. The fourth-order valence-corrected chi connectivity index (χ4v) is 2.18. The SMILES string of the molecule is COc1ccc(COC(=O)C(S)Cc2ccccc2)cc1. The number of benzene rings is 2. The Balaban J connectivity index is 1.83. The van der Waals surface area contributed by atoms with Gasteiger partial charge in [0.15, 0.2) is 0 Å². The van der Waals surface area contributed by atoms with Gasteiger partial charge in [0.1, 0.15) is 17.6 Å². The van der Waals surface area contributed by atoms with Crippen molar-refractivity contribution in [3.63, 3.8) is 0 Å². The normalized spacial score (nSPS) is 11.7. The van der Waals surface area contributed by atoms with Gasteiger partial charge >= 0.3 is 5.97 Å². The summed E-state index contributed by atoms with van der Waals surface area (Å²) in [6.45, 7) is 0.245. The Bertz CT molecular complexity index is 566. The van der Waals surface area contributed by atoms with Crippen LogP contribution in [-0.4, -0.2) is 18.3 Å². The summed E-state index contributed by atoms with van der Waals surface area (Å²) in [7, 11) is 1.62. The van der Waals surface area contributed by atoms with Crippen molar-refractivity contribution in [2.45, 2.75) is 18.3 Å². The van der Waals surface area contributed by atoms with Gasteiger partial charge in [0.05, 0.1) is 7.11 Å². The van der Waals surface area contributed by atoms with Gasteiger partial charge < -0.3 is 9.47 Å². The summed E-state index contributed by atoms with van der Waals surface area (Å²) in [4.78, 5) is 11.9. The van der Waals surface area contributed by atoms with Crippen molar-refractivity contribution in [1.82, 2.24) is 0 Å². The molecule has 110 valence electrons. The van der Waals surface area contributed by atoms with E-state index >= 15 is 0 Å². The van der Waals surface area contributed by atoms with Gasteiger partial charge in [-0.1, -0.05) is 42.5 Å². The second-order valence-corrected chi connectivity index (χ2v) is 5.28. The monoisotopic (exact) mass is 302 g/mol. The van der Waals surface area contributed by atoms with Crippen molar-refractivity contribution in [3.05, 3.63) is 65.7 Å². The number of carbonyl (C=O) groups excluding carboxylic acids is 1. The molecule has 0 aliphatic carbocycles. The number of ether oxygens (including phenoxy) is 2. The fraction of sp³-hybridized carbons (Fsp3) is 0.235. The van der Waals surface area contributed by atoms with Crippen molar-refractivity contribution in [3.8, 4) is 5.75 Å². The van der Waals surface area contributed by atoms with E-state index in [2.05, 4.69) is 12.6 Å². The second kappa shape index (κ2) is 7.74. The van der Waals surface area contributed by atoms with E-state index < -0.39 is 5.25 Å². The lowest BCUT2D eigenvalue weighted by Crippen LogP contribution is -2.20. The van der Waals surface area contributed by atoms with Crippen LogP contribution in [0.1, 0.15) is 11.1 Å². The first kappa shape index (κ1) is 15.4. The van der Waals surface area contributed by atoms with E-state index in [1.54, 1.807) is 7.11 Å². The topological polar surface area (TPSA) is 35.5 Å². The molecule has 0 aromatic heterocycles. The van der Waals surface area contributed by atoms with Gasteiger partial charge in [0, 0.05) is 0 Å². The lowest BCUT2D eigenvalue weighted by Gasteiger charge is -2.11. The van der Waals surface area contributed by atoms with Gasteiger partial charge in [-0.2, -0.15) is 12.6 Å². The quantitative estimate of drug-likeness (QED) is 0.657. The number of thiol groups is 1. The fourth-order valence-electron chi connectivity index (χ4n) is 1.89. The predicted octanol–water partition coefficient (Wildman–Crippen LogP) is 3.28. The van der Waals surface area contributed by atoms with Crippen LogP contribution >= 0.6 is 12.6 Å². The number of methoxy groups -OCH3 is 1. The maximum absolute atomic E-state index is 11.9. The highest BCUT2D eigenvalue weighted by Gasteiger charge is 2.16. The van der Waals surface area contributed by atoms with Gasteiger partial charge in [-0.3, -0.25) is 4.79 Å². The van der Waals surface area contributed by atoms with Gasteiger partial charge in [0.2, 0.25) is 0 Å². The second-order valence-electron chi connectivity index (χ2n) is 4.66. The third kappa shape index (κ3) is 4.83. The Morgan fingerprint density at radius 2 is 1.71 bits per heavy atom. The van der Waals surface area contributed by atoms with Crippen LogP contribution < -0.4 is 4.74 Å². The van der Waals surface area contributed by atoms with Gasteiger partial charge in [-0.05, 0) is 29.7 Å². The highest BCUT2D eigenvalue weighted by molar-refractivity contribution is 7.81. The molecule has 4 heteroatoms. The molecule has 3 nitrogen and oxygen atoms in total. The maximum atomic E-state index is 11.9. The first-order valence-electron chi connectivity index (χ1n) is 6.70. The summed E-state index contributed by atoms with van der Waals surface area (Å²) >= 11 is 4.32. The molecule has 0 heterocycles. The number of hydrogen-bond donors (Lipinski definition) is 1. The molecule has 1 unspecified atom stereocenters. The Kier molecular flexibility index (Phi) is 5.69. The highest BCUT2D eigenvalue weighted by atomic mass is 32.1. The molecule has 0 fully saturated rings. The van der Waals surface area contributed by atoms with Crippen LogP contribution in [-0.2, 0) is 22.6 Å². The molecule has 2 aromatic carbocycles. The number of rotatable bonds is 6. The lowest BCUT2D eigenvalue weighted by atomic mass is 10.1. The summed E-state index contributed by atoms with van der Waals surface area (Å²) in [6, 6.07) is 17.2. The van der Waals surface area contributed by atoms with Crippen molar-refractivity contribution < 1.29 is 14.3 Å². The summed E-state index contributed by atoms with van der Waals surface area (Å²) in [5.41, 5.74) is 1.99. The van der Waals surface area contributed by atoms with Gasteiger partial charge in [-0.15, -0.1) is 0 Å². The molecule has 0 saturated heterocycles. The van der Waals surface area contributed by atoms with E-state index in [-0.39, 0.29) is 12.6 Å². The first-order valence-corrected chi connectivity index (χ1v) is 7.22. The van der Waals surface area contributed by atoms with Crippen molar-refractivity contribution in [2.75, 3.05) is 7.11 Å². The minimum absolute atomic E-state index is 0.245. The molecule has 21 heavy (non-hydrogen) atoms. The number of esters is 1. The Morgan fingerprint density at radius 1 is 1.05 bits per heavy atom. The van der Waals surface area contributed by atoms with Crippen LogP contribution in [0.3, 0.4) is 0 Å². The van der Waals surface area contributed by atoms with Crippen LogP contribution in [0, 0.1) is 0 Å². The predicted molar refractivity (Wildman–Crippen MR) is 85.7 cm³/mol. The number of hydrogen-bond acceptors (Lipinski definition) is 4.